The van der Waals surface area contributed by atoms with Crippen LogP contribution < -0.4 is 37.9 Å². The lowest BCUT2D eigenvalue weighted by molar-refractivity contribution is 0.320. The van der Waals surface area contributed by atoms with Crippen molar-refractivity contribution in [3.05, 3.63) is 116 Å². The summed E-state index contributed by atoms with van der Waals surface area (Å²) in [6.45, 7) is 19.4. The molecule has 10 bridgehead atoms. The number of hydrogen-bond acceptors (Lipinski definition) is 10. The summed E-state index contributed by atoms with van der Waals surface area (Å²) in [4.78, 5) is 0. The van der Waals surface area contributed by atoms with Crippen LogP contribution >= 0.6 is 0 Å². The Labute approximate surface area is 361 Å². The highest BCUT2D eigenvalue weighted by molar-refractivity contribution is 5.59. The van der Waals surface area contributed by atoms with Crippen LogP contribution in [0.5, 0.6) is 57.5 Å². The monoisotopic (exact) mass is 834 g/mol. The molecule has 10 aliphatic carbocycles. The van der Waals surface area contributed by atoms with Gasteiger partial charge < -0.3 is 48.1 Å². The third kappa shape index (κ3) is 10.5. The average molecular weight is 835 g/mol. The summed E-state index contributed by atoms with van der Waals surface area (Å²) in [6.07, 6.45) is 2.05. The summed E-state index contributed by atoms with van der Waals surface area (Å²) in [5.41, 5.74) is 8.34. The van der Waals surface area contributed by atoms with Crippen LogP contribution in [-0.2, 0) is 32.1 Å². The zero-order valence-electron chi connectivity index (χ0n) is 37.1. The van der Waals surface area contributed by atoms with E-state index in [1.165, 1.54) is 0 Å². The van der Waals surface area contributed by atoms with Crippen molar-refractivity contribution >= 4 is 0 Å². The summed E-state index contributed by atoms with van der Waals surface area (Å²) in [6, 6.07) is 19.6. The Bertz CT molecular complexity index is 2120. The van der Waals surface area contributed by atoms with Gasteiger partial charge in [0.2, 0.25) is 0 Å². The van der Waals surface area contributed by atoms with Crippen LogP contribution in [-0.4, -0.2) is 63.1 Å². The summed E-state index contributed by atoms with van der Waals surface area (Å²) in [5.74, 6) is 5.82. The summed E-state index contributed by atoms with van der Waals surface area (Å²) >= 11 is 0. The van der Waals surface area contributed by atoms with Crippen LogP contribution in [0.15, 0.2) is 60.7 Å². The van der Waals surface area contributed by atoms with Gasteiger partial charge in [0.25, 0.3) is 0 Å². The molecule has 0 unspecified atom stereocenters. The van der Waals surface area contributed by atoms with Crippen molar-refractivity contribution in [2.45, 2.75) is 87.5 Å². The lowest BCUT2D eigenvalue weighted by Gasteiger charge is -2.21. The van der Waals surface area contributed by atoms with Gasteiger partial charge in [-0.2, -0.15) is 0 Å². The minimum atomic E-state index is 0.0596. The van der Waals surface area contributed by atoms with E-state index >= 15 is 0 Å². The van der Waals surface area contributed by atoms with Crippen molar-refractivity contribution in [2.75, 3.05) is 52.9 Å². The van der Waals surface area contributed by atoms with Gasteiger partial charge in [0.1, 0.15) is 57.5 Å². The highest BCUT2D eigenvalue weighted by atomic mass is 16.5. The largest absolute Gasteiger partial charge is 0.508 e. The minimum Gasteiger partial charge on any atom is -0.508 e. The third-order valence-corrected chi connectivity index (χ3v) is 10.6. The number of rotatable bonds is 16. The molecule has 5 aromatic rings. The molecule has 0 saturated heterocycles. The van der Waals surface area contributed by atoms with Crippen LogP contribution in [0.1, 0.15) is 111 Å². The van der Waals surface area contributed by atoms with E-state index in [1.54, 1.807) is 12.1 Å². The molecule has 5 aromatic carbocycles. The second-order valence-electron chi connectivity index (χ2n) is 14.7. The van der Waals surface area contributed by atoms with Crippen LogP contribution in [0.25, 0.3) is 0 Å². The Hall–Kier alpha value is -5.90. The normalized spacial score (nSPS) is 12.3. The fourth-order valence-electron chi connectivity index (χ4n) is 7.97. The smallest absolute Gasteiger partial charge is 0.123 e. The maximum atomic E-state index is 11.5. The van der Waals surface area contributed by atoms with E-state index in [4.69, 9.17) is 37.9 Å². The number of phenols is 2. The molecule has 0 heterocycles. The zero-order valence-corrected chi connectivity index (χ0v) is 37.1. The third-order valence-electron chi connectivity index (χ3n) is 10.6. The number of benzene rings is 5. The molecule has 0 atom stereocenters. The molecule has 0 saturated carbocycles. The van der Waals surface area contributed by atoms with Crippen LogP contribution in [0, 0.1) is 0 Å². The van der Waals surface area contributed by atoms with Crippen molar-refractivity contribution in [1.29, 1.82) is 0 Å². The van der Waals surface area contributed by atoms with Crippen molar-refractivity contribution in [3.8, 4) is 57.5 Å². The van der Waals surface area contributed by atoms with Gasteiger partial charge in [0, 0.05) is 87.7 Å². The van der Waals surface area contributed by atoms with Gasteiger partial charge in [-0.25, -0.2) is 0 Å². The maximum absolute atomic E-state index is 11.5. The van der Waals surface area contributed by atoms with Crippen LogP contribution in [0.3, 0.4) is 0 Å². The lowest BCUT2D eigenvalue weighted by Crippen LogP contribution is -2.08. The van der Waals surface area contributed by atoms with E-state index in [1.807, 2.05) is 79.7 Å². The Morgan fingerprint density at radius 3 is 0.557 bits per heavy atom. The van der Waals surface area contributed by atoms with E-state index in [-0.39, 0.29) is 11.5 Å². The van der Waals surface area contributed by atoms with Gasteiger partial charge in [0.05, 0.1) is 52.9 Å². The Morgan fingerprint density at radius 2 is 0.410 bits per heavy atom. The van der Waals surface area contributed by atoms with Crippen molar-refractivity contribution in [3.63, 3.8) is 0 Å². The van der Waals surface area contributed by atoms with Crippen molar-refractivity contribution in [1.82, 2.24) is 0 Å². The first-order chi connectivity index (χ1) is 29.7. The van der Waals surface area contributed by atoms with E-state index in [0.29, 0.717) is 119 Å². The number of ether oxygens (including phenoxy) is 8. The molecule has 0 radical (unpaired) electrons. The highest BCUT2D eigenvalue weighted by Gasteiger charge is 2.23. The second kappa shape index (κ2) is 21.1. The van der Waals surface area contributed by atoms with Gasteiger partial charge in [-0.1, -0.05) is 0 Å². The van der Waals surface area contributed by atoms with Gasteiger partial charge in [-0.05, 0) is 116 Å². The van der Waals surface area contributed by atoms with Gasteiger partial charge in [-0.15, -0.1) is 0 Å². The van der Waals surface area contributed by atoms with Crippen LogP contribution in [0.4, 0.5) is 0 Å². The van der Waals surface area contributed by atoms with Gasteiger partial charge in [0.15, 0.2) is 0 Å². The van der Waals surface area contributed by atoms with Gasteiger partial charge >= 0.3 is 0 Å². The number of hydrogen-bond donors (Lipinski definition) is 2. The summed E-state index contributed by atoms with van der Waals surface area (Å²) < 4.78 is 50.6. The molecule has 10 aliphatic rings. The Morgan fingerprint density at radius 1 is 0.262 bits per heavy atom. The van der Waals surface area contributed by atoms with E-state index < -0.39 is 0 Å². The number of phenolic OH excluding ortho intramolecular Hbond substituents is 2. The molecule has 15 rings (SSSR count). The highest BCUT2D eigenvalue weighted by Crippen LogP contribution is 2.42. The summed E-state index contributed by atoms with van der Waals surface area (Å²) in [5, 5.41) is 23.1. The topological polar surface area (TPSA) is 114 Å². The molecule has 326 valence electrons. The second-order valence-corrected chi connectivity index (χ2v) is 14.7. The quantitative estimate of drug-likeness (QED) is 0.0914. The van der Waals surface area contributed by atoms with Crippen LogP contribution in [0.2, 0.25) is 0 Å². The predicted octanol–water partition coefficient (Wildman–Crippen LogP) is 10.6. The zero-order chi connectivity index (χ0) is 43.5. The Balaban J connectivity index is 1.63. The molecule has 0 amide bonds. The molecule has 0 aromatic heterocycles. The van der Waals surface area contributed by atoms with E-state index in [2.05, 4.69) is 24.3 Å². The first-order valence-electron chi connectivity index (χ1n) is 21.9. The van der Waals surface area contributed by atoms with Crippen molar-refractivity contribution in [2.24, 2.45) is 0 Å². The molecule has 10 nitrogen and oxygen atoms in total. The fraction of sp³-hybridized carbons (Fsp3) is 0.412. The molecular formula is C51H62O10. The maximum Gasteiger partial charge on any atom is 0.123 e. The average Bonchev–Trinajstić information content (AvgIpc) is 3.22. The predicted molar refractivity (Wildman–Crippen MR) is 239 cm³/mol. The Kier molecular flexibility index (Phi) is 15.4. The standard InChI is InChI=1S/C51H62O10/c1-9-54-44-26-36-19-38-28-50(60-15-7)40(30-48(38)58-13-5)21-41-31-49(59-14-6)39(29-51(41)61-16-8)20-37-27-45(55-10-2)35(25-47(37)57-12-4)18-33-23-42(52)32(22-43(33)53)17-34(44)24-46(36)56-11-3/h22-31,52-53H,9-21H2,1-8H3. The fourth-order valence-corrected chi connectivity index (χ4v) is 7.97. The van der Waals surface area contributed by atoms with Crippen molar-refractivity contribution < 1.29 is 48.1 Å². The first kappa shape index (κ1) is 44.6. The molecule has 61 heavy (non-hydrogen) atoms. The van der Waals surface area contributed by atoms with E-state index in [0.717, 1.165) is 67.5 Å². The number of aromatic hydroxyl groups is 2. The molecule has 10 heteroatoms. The SMILES string of the molecule is CCOc1cc2c(OCC)cc1Cc1cc(O)c(cc1O)Cc1cc(OCC)c(cc1OCC)Cc1cc(OCC)c(cc1OCC)Cc1cc(OCC)c(cc1OCC)C2. The van der Waals surface area contributed by atoms with E-state index in [9.17, 15) is 10.2 Å². The first-order valence-corrected chi connectivity index (χ1v) is 21.9. The molecule has 0 aliphatic heterocycles. The minimum absolute atomic E-state index is 0.0596. The summed E-state index contributed by atoms with van der Waals surface area (Å²) in [7, 11) is 0. The lowest BCUT2D eigenvalue weighted by atomic mass is 9.94. The molecule has 0 spiro atoms. The molecule has 0 fully saturated rings. The molecule has 2 N–H and O–H groups in total. The molecular weight excluding hydrogens is 773 g/mol. The van der Waals surface area contributed by atoms with Gasteiger partial charge in [-0.3, -0.25) is 0 Å².